The molecule has 3 amide bonds. The van der Waals surface area contributed by atoms with Gasteiger partial charge in [0.1, 0.15) is 12.1 Å². The lowest BCUT2D eigenvalue weighted by Crippen LogP contribution is -2.63. The van der Waals surface area contributed by atoms with Gasteiger partial charge in [-0.3, -0.25) is 14.4 Å². The molecule has 1 rings (SSSR count). The molecular formula is C19H28N4O7. The Labute approximate surface area is 173 Å². The van der Waals surface area contributed by atoms with Gasteiger partial charge in [0, 0.05) is 6.42 Å². The fraction of sp³-hybridized carbons (Fsp3) is 0.474. The third-order valence-electron chi connectivity index (χ3n) is 4.26. The lowest BCUT2D eigenvalue weighted by molar-refractivity contribution is -0.355. The molecule has 1 aromatic carbocycles. The molecule has 0 bridgehead atoms. The van der Waals surface area contributed by atoms with E-state index in [-0.39, 0.29) is 13.0 Å². The van der Waals surface area contributed by atoms with E-state index in [1.165, 1.54) is 13.8 Å². The van der Waals surface area contributed by atoms with E-state index >= 15 is 0 Å². The van der Waals surface area contributed by atoms with Crippen LogP contribution in [0.5, 0.6) is 0 Å². The molecule has 8 N–H and O–H groups in total. The average Bonchev–Trinajstić information content (AvgIpc) is 2.69. The van der Waals surface area contributed by atoms with Crippen LogP contribution in [0.2, 0.25) is 0 Å². The molecule has 5 atom stereocenters. The van der Waals surface area contributed by atoms with Crippen LogP contribution >= 0.6 is 0 Å². The summed E-state index contributed by atoms with van der Waals surface area (Å²) in [5.41, 5.74) is 4.06. The minimum absolute atomic E-state index is 0.00615. The number of hydrogen-bond acceptors (Lipinski definition) is 7. The molecule has 0 aromatic heterocycles. The van der Waals surface area contributed by atoms with Crippen LogP contribution in [0.4, 0.5) is 0 Å². The monoisotopic (exact) mass is 424 g/mol. The van der Waals surface area contributed by atoms with Gasteiger partial charge in [0.15, 0.2) is 6.54 Å². The van der Waals surface area contributed by atoms with Crippen LogP contribution < -0.4 is 26.8 Å². The van der Waals surface area contributed by atoms with Gasteiger partial charge in [-0.15, -0.1) is 0 Å². The van der Waals surface area contributed by atoms with Crippen LogP contribution in [0.3, 0.4) is 0 Å². The largest absolute Gasteiger partial charge is 0.548 e. The summed E-state index contributed by atoms with van der Waals surface area (Å²) in [5, 5.41) is 37.4. The molecule has 166 valence electrons. The molecule has 0 unspecified atom stereocenters. The highest BCUT2D eigenvalue weighted by Gasteiger charge is 2.31. The zero-order valence-electron chi connectivity index (χ0n) is 16.8. The Kier molecular flexibility index (Phi) is 9.89. The van der Waals surface area contributed by atoms with Crippen molar-refractivity contribution in [3.05, 3.63) is 35.9 Å². The highest BCUT2D eigenvalue weighted by molar-refractivity contribution is 5.93. The van der Waals surface area contributed by atoms with Gasteiger partial charge in [0.25, 0.3) is 5.91 Å². The van der Waals surface area contributed by atoms with Crippen molar-refractivity contribution in [2.75, 3.05) is 6.54 Å². The molecule has 0 aliphatic heterocycles. The number of aliphatic carboxylic acids is 1. The lowest BCUT2D eigenvalue weighted by Gasteiger charge is -2.27. The van der Waals surface area contributed by atoms with Crippen molar-refractivity contribution in [1.29, 1.82) is 0 Å². The number of carboxylic acid groups (broad SMARTS) is 1. The number of aliphatic hydroxyl groups excluding tert-OH is 2. The topological polar surface area (TPSA) is 196 Å². The Morgan fingerprint density at radius 1 is 0.933 bits per heavy atom. The van der Waals surface area contributed by atoms with Crippen molar-refractivity contribution >= 4 is 23.7 Å². The number of carbonyl (C=O) groups is 4. The quantitative estimate of drug-likeness (QED) is 0.206. The Balaban J connectivity index is 3.07. The summed E-state index contributed by atoms with van der Waals surface area (Å²) >= 11 is 0. The zero-order valence-corrected chi connectivity index (χ0v) is 16.8. The molecule has 11 heteroatoms. The van der Waals surface area contributed by atoms with E-state index in [0.29, 0.717) is 5.56 Å². The number of benzene rings is 1. The minimum Gasteiger partial charge on any atom is -0.548 e. The number of quaternary nitrogens is 1. The smallest absolute Gasteiger partial charge is 0.275 e. The van der Waals surface area contributed by atoms with Crippen LogP contribution in [0.15, 0.2) is 30.3 Å². The first-order valence-corrected chi connectivity index (χ1v) is 9.37. The van der Waals surface area contributed by atoms with E-state index in [9.17, 15) is 34.5 Å². The molecule has 0 aliphatic carbocycles. The first-order valence-electron chi connectivity index (χ1n) is 9.37. The minimum atomic E-state index is -1.69. The fourth-order valence-corrected chi connectivity index (χ4v) is 2.60. The van der Waals surface area contributed by atoms with E-state index < -0.39 is 54.0 Å². The molecule has 0 radical (unpaired) electrons. The zero-order chi connectivity index (χ0) is 22.8. The third-order valence-corrected chi connectivity index (χ3v) is 4.26. The number of amides is 3. The molecule has 0 fully saturated rings. The third kappa shape index (κ3) is 7.78. The second-order valence-corrected chi connectivity index (χ2v) is 6.83. The molecule has 0 saturated heterocycles. The Morgan fingerprint density at radius 2 is 1.50 bits per heavy atom. The maximum absolute atomic E-state index is 12.7. The molecule has 0 aliphatic rings. The van der Waals surface area contributed by atoms with Gasteiger partial charge >= 0.3 is 0 Å². The van der Waals surface area contributed by atoms with E-state index in [0.717, 1.165) is 0 Å². The summed E-state index contributed by atoms with van der Waals surface area (Å²) in [6.45, 7) is 2.30. The van der Waals surface area contributed by atoms with Crippen LogP contribution in [0.25, 0.3) is 0 Å². The number of carbonyl (C=O) groups excluding carboxylic acids is 4. The molecule has 0 heterocycles. The van der Waals surface area contributed by atoms with E-state index in [1.807, 2.05) is 0 Å². The molecule has 0 saturated carbocycles. The van der Waals surface area contributed by atoms with Gasteiger partial charge in [-0.25, -0.2) is 0 Å². The maximum atomic E-state index is 12.7. The summed E-state index contributed by atoms with van der Waals surface area (Å²) in [5.74, 6) is -3.99. The summed E-state index contributed by atoms with van der Waals surface area (Å²) in [6, 6.07) is 4.32. The Hall–Kier alpha value is -3.02. The second-order valence-electron chi connectivity index (χ2n) is 6.83. The Bertz CT molecular complexity index is 740. The number of aliphatic hydroxyl groups is 2. The van der Waals surface area contributed by atoms with Gasteiger partial charge in [0.2, 0.25) is 11.8 Å². The van der Waals surface area contributed by atoms with Crippen molar-refractivity contribution in [3.8, 4) is 0 Å². The predicted octanol–water partition coefficient (Wildman–Crippen LogP) is -4.56. The molecule has 0 spiro atoms. The van der Waals surface area contributed by atoms with Gasteiger partial charge in [-0.1, -0.05) is 30.3 Å². The van der Waals surface area contributed by atoms with Crippen molar-refractivity contribution < 1.29 is 40.2 Å². The molecule has 11 nitrogen and oxygen atoms in total. The first-order chi connectivity index (χ1) is 14.1. The van der Waals surface area contributed by atoms with Gasteiger partial charge in [-0.2, -0.15) is 0 Å². The maximum Gasteiger partial charge on any atom is 0.275 e. The van der Waals surface area contributed by atoms with Crippen molar-refractivity contribution in [2.45, 2.75) is 50.6 Å². The highest BCUT2D eigenvalue weighted by Crippen LogP contribution is 2.06. The number of nitrogens with one attached hydrogen (secondary N) is 3. The SMILES string of the molecule is C[C@H](O)[C@H](NC(=O)C[NH3+])C(=O)N[C@@H](Cc1ccccc1)C(=O)N[C@H](C(=O)[O-])[C@@H](C)O. The number of hydrogen-bond donors (Lipinski definition) is 6. The van der Waals surface area contributed by atoms with Gasteiger partial charge in [-0.05, 0) is 19.4 Å². The van der Waals surface area contributed by atoms with E-state index in [2.05, 4.69) is 21.7 Å². The van der Waals surface area contributed by atoms with Crippen molar-refractivity contribution in [3.63, 3.8) is 0 Å². The van der Waals surface area contributed by atoms with Gasteiger partial charge < -0.3 is 41.8 Å². The molecule has 1 aromatic rings. The highest BCUT2D eigenvalue weighted by atomic mass is 16.4. The molecule has 30 heavy (non-hydrogen) atoms. The van der Waals surface area contributed by atoms with Crippen molar-refractivity contribution in [2.24, 2.45) is 0 Å². The predicted molar refractivity (Wildman–Crippen MR) is 102 cm³/mol. The van der Waals surface area contributed by atoms with Crippen LogP contribution in [-0.2, 0) is 25.6 Å². The second kappa shape index (κ2) is 11.9. The fourth-order valence-electron chi connectivity index (χ4n) is 2.60. The number of rotatable bonds is 11. The normalized spacial score (nSPS) is 15.8. The van der Waals surface area contributed by atoms with E-state index in [1.54, 1.807) is 30.3 Å². The standard InChI is InChI=1S/C19H28N4O7/c1-10(24)15(22-14(26)9-20)18(28)21-13(8-12-6-4-3-5-7-12)17(27)23-16(11(2)25)19(29)30/h3-7,10-11,13,15-16,24-25H,8-9,20H2,1-2H3,(H,21,28)(H,22,26)(H,23,27)(H,29,30)/t10-,11+,13-,15-,16-/m0/s1. The lowest BCUT2D eigenvalue weighted by atomic mass is 10.0. The summed E-state index contributed by atoms with van der Waals surface area (Å²) in [7, 11) is 0. The van der Waals surface area contributed by atoms with Crippen LogP contribution in [-0.4, -0.2) is 70.8 Å². The summed E-state index contributed by atoms with van der Waals surface area (Å²) in [6.07, 6.45) is -2.71. The Morgan fingerprint density at radius 3 is 1.97 bits per heavy atom. The van der Waals surface area contributed by atoms with E-state index in [4.69, 9.17) is 0 Å². The van der Waals surface area contributed by atoms with Crippen molar-refractivity contribution in [1.82, 2.24) is 16.0 Å². The van der Waals surface area contributed by atoms with Gasteiger partial charge in [0.05, 0.1) is 24.2 Å². The number of carboxylic acids is 1. The van der Waals surface area contributed by atoms with Crippen LogP contribution in [0.1, 0.15) is 19.4 Å². The van der Waals surface area contributed by atoms with Crippen LogP contribution in [0, 0.1) is 0 Å². The average molecular weight is 424 g/mol. The summed E-state index contributed by atoms with van der Waals surface area (Å²) < 4.78 is 0. The summed E-state index contributed by atoms with van der Waals surface area (Å²) in [4.78, 5) is 48.1. The molecular weight excluding hydrogens is 396 g/mol. The first kappa shape index (κ1) is 25.0.